The lowest BCUT2D eigenvalue weighted by Crippen LogP contribution is -2.22. The number of esters is 1. The first kappa shape index (κ1) is 17.4. The van der Waals surface area contributed by atoms with Crippen LogP contribution in [0.5, 0.6) is 0 Å². The maximum absolute atomic E-state index is 12.0. The van der Waals surface area contributed by atoms with E-state index in [1.165, 1.54) is 12.1 Å². The van der Waals surface area contributed by atoms with Gasteiger partial charge in [-0.3, -0.25) is 4.98 Å². The van der Waals surface area contributed by atoms with Gasteiger partial charge in [0.25, 0.3) is 0 Å². The van der Waals surface area contributed by atoms with Gasteiger partial charge in [-0.2, -0.15) is 0 Å². The maximum atomic E-state index is 12.0. The van der Waals surface area contributed by atoms with Crippen molar-refractivity contribution in [3.8, 4) is 0 Å². The molecule has 6 heteroatoms. The number of nitrogens with zero attached hydrogens (tertiary/aromatic N) is 1. The van der Waals surface area contributed by atoms with Gasteiger partial charge in [0.05, 0.1) is 23.7 Å². The first-order valence-electron chi connectivity index (χ1n) is 8.15. The van der Waals surface area contributed by atoms with Crippen LogP contribution in [0.15, 0.2) is 48.5 Å². The highest BCUT2D eigenvalue weighted by atomic mass is 16.5. The van der Waals surface area contributed by atoms with Gasteiger partial charge in [-0.1, -0.05) is 12.1 Å². The second kappa shape index (κ2) is 7.23. The second-order valence-electron chi connectivity index (χ2n) is 5.76. The number of aromatic nitrogens is 1. The number of hydrogen-bond donors (Lipinski definition) is 1. The third-order valence-corrected chi connectivity index (χ3v) is 3.83. The normalized spacial score (nSPS) is 10.5. The summed E-state index contributed by atoms with van der Waals surface area (Å²) < 4.78 is 5.05. The Morgan fingerprint density at radius 1 is 1.12 bits per heavy atom. The Hall–Kier alpha value is -3.41. The summed E-state index contributed by atoms with van der Waals surface area (Å²) in [7, 11) is 0. The zero-order chi connectivity index (χ0) is 18.7. The average molecular weight is 349 g/mol. The van der Waals surface area contributed by atoms with E-state index in [1.807, 2.05) is 13.0 Å². The van der Waals surface area contributed by atoms with Gasteiger partial charge >= 0.3 is 5.97 Å². The monoisotopic (exact) mass is 349 g/mol. The van der Waals surface area contributed by atoms with Crippen LogP contribution in [0.25, 0.3) is 10.9 Å². The van der Waals surface area contributed by atoms with E-state index in [2.05, 4.69) is 10.3 Å². The van der Waals surface area contributed by atoms with Crippen molar-refractivity contribution in [3.05, 3.63) is 65.4 Å². The highest BCUT2D eigenvalue weighted by Gasteiger charge is 2.11. The highest BCUT2D eigenvalue weighted by Crippen LogP contribution is 2.28. The van der Waals surface area contributed by atoms with Crippen molar-refractivity contribution < 1.29 is 19.4 Å². The van der Waals surface area contributed by atoms with Crippen molar-refractivity contribution in [2.45, 2.75) is 13.8 Å². The number of rotatable bonds is 5. The molecule has 3 aromatic rings. The fourth-order valence-corrected chi connectivity index (χ4v) is 2.68. The number of carboxylic acids is 1. The predicted molar refractivity (Wildman–Crippen MR) is 96.5 cm³/mol. The average Bonchev–Trinajstić information content (AvgIpc) is 2.61. The molecule has 0 spiro atoms. The molecule has 0 aliphatic heterocycles. The van der Waals surface area contributed by atoms with Crippen LogP contribution in [0.2, 0.25) is 0 Å². The number of ether oxygens (including phenoxy) is 1. The van der Waals surface area contributed by atoms with Crippen molar-refractivity contribution in [2.24, 2.45) is 0 Å². The van der Waals surface area contributed by atoms with E-state index in [9.17, 15) is 14.7 Å². The number of fused-ring (bicyclic) bond motifs is 1. The molecule has 0 atom stereocenters. The first-order chi connectivity index (χ1) is 12.5. The molecule has 3 rings (SSSR count). The van der Waals surface area contributed by atoms with E-state index in [0.29, 0.717) is 23.5 Å². The van der Waals surface area contributed by atoms with Crippen molar-refractivity contribution in [1.29, 1.82) is 0 Å². The lowest BCUT2D eigenvalue weighted by Gasteiger charge is -2.13. The minimum absolute atomic E-state index is 0.0808. The summed E-state index contributed by atoms with van der Waals surface area (Å²) in [6.07, 6.45) is 0. The Balaban J connectivity index is 2.06. The molecule has 0 amide bonds. The van der Waals surface area contributed by atoms with Crippen LogP contribution in [0, 0.1) is 6.92 Å². The number of carboxylic acid groups (broad SMARTS) is 1. The molecule has 0 aliphatic carbocycles. The summed E-state index contributed by atoms with van der Waals surface area (Å²) in [6.45, 7) is 3.91. The summed E-state index contributed by atoms with van der Waals surface area (Å²) in [5, 5.41) is 15.0. The van der Waals surface area contributed by atoms with Crippen molar-refractivity contribution in [1.82, 2.24) is 4.98 Å². The highest BCUT2D eigenvalue weighted by molar-refractivity contribution is 6.00. The van der Waals surface area contributed by atoms with Crippen LogP contribution < -0.4 is 10.4 Å². The van der Waals surface area contributed by atoms with E-state index >= 15 is 0 Å². The summed E-state index contributed by atoms with van der Waals surface area (Å²) in [6, 6.07) is 13.3. The quantitative estimate of drug-likeness (QED) is 0.712. The number of carbonyl (C=O) groups excluding carboxylic acids is 2. The Morgan fingerprint density at radius 2 is 1.92 bits per heavy atom. The zero-order valence-corrected chi connectivity index (χ0v) is 14.4. The van der Waals surface area contributed by atoms with Gasteiger partial charge in [-0.25, -0.2) is 4.79 Å². The predicted octanol–water partition coefficient (Wildman–Crippen LogP) is 2.83. The van der Waals surface area contributed by atoms with Gasteiger partial charge in [0.15, 0.2) is 0 Å². The Kier molecular flexibility index (Phi) is 4.84. The lowest BCUT2D eigenvalue weighted by atomic mass is 10.1. The van der Waals surface area contributed by atoms with E-state index in [4.69, 9.17) is 4.74 Å². The fraction of sp³-hybridized carbons (Fsp3) is 0.150. The fourth-order valence-electron chi connectivity index (χ4n) is 2.68. The minimum atomic E-state index is -1.24. The number of anilines is 2. The summed E-state index contributed by atoms with van der Waals surface area (Å²) in [5.74, 6) is -1.64. The van der Waals surface area contributed by atoms with Gasteiger partial charge in [-0.05, 0) is 55.8 Å². The van der Waals surface area contributed by atoms with E-state index in [-0.39, 0.29) is 5.56 Å². The molecule has 26 heavy (non-hydrogen) atoms. The molecule has 0 saturated carbocycles. The van der Waals surface area contributed by atoms with Gasteiger partial charge < -0.3 is 20.0 Å². The minimum Gasteiger partial charge on any atom is -0.545 e. The largest absolute Gasteiger partial charge is 0.545 e. The van der Waals surface area contributed by atoms with Crippen LogP contribution >= 0.6 is 0 Å². The number of pyridine rings is 1. The van der Waals surface area contributed by atoms with Crippen LogP contribution in [0.3, 0.4) is 0 Å². The Morgan fingerprint density at radius 3 is 2.65 bits per heavy atom. The number of benzene rings is 2. The van der Waals surface area contributed by atoms with Gasteiger partial charge in [0.2, 0.25) is 0 Å². The third-order valence-electron chi connectivity index (χ3n) is 3.83. The van der Waals surface area contributed by atoms with E-state index in [0.717, 1.165) is 16.6 Å². The molecule has 0 unspecified atom stereocenters. The van der Waals surface area contributed by atoms with Gasteiger partial charge in [-0.15, -0.1) is 0 Å². The number of aryl methyl sites for hydroxylation is 1. The topological polar surface area (TPSA) is 91.3 Å². The van der Waals surface area contributed by atoms with Crippen LogP contribution in [-0.4, -0.2) is 23.5 Å². The molecule has 0 aliphatic rings. The molecular formula is C20H17N2O4-. The van der Waals surface area contributed by atoms with E-state index < -0.39 is 11.9 Å². The lowest BCUT2D eigenvalue weighted by molar-refractivity contribution is -0.255. The van der Waals surface area contributed by atoms with Crippen LogP contribution in [0.1, 0.15) is 33.3 Å². The standard InChI is InChI=1S/C20H18N2O4/c1-3-26-20(25)14-7-8-17-16(11-14)18(9-12(2)21-17)22-15-6-4-5-13(10-15)19(23)24/h4-11H,3H2,1-2H3,(H,21,22)(H,23,24)/p-1. The molecule has 1 heterocycles. The molecule has 2 aromatic carbocycles. The molecule has 1 N–H and O–H groups in total. The summed E-state index contributed by atoms with van der Waals surface area (Å²) in [4.78, 5) is 27.5. The molecule has 0 saturated heterocycles. The van der Waals surface area contributed by atoms with Gasteiger partial charge in [0.1, 0.15) is 0 Å². The molecule has 0 fully saturated rings. The summed E-state index contributed by atoms with van der Waals surface area (Å²) >= 11 is 0. The molecule has 0 bridgehead atoms. The maximum Gasteiger partial charge on any atom is 0.338 e. The number of hydrogen-bond acceptors (Lipinski definition) is 6. The van der Waals surface area contributed by atoms with Crippen molar-refractivity contribution in [3.63, 3.8) is 0 Å². The van der Waals surface area contributed by atoms with Gasteiger partial charge in [0, 0.05) is 22.5 Å². The second-order valence-corrected chi connectivity index (χ2v) is 5.76. The molecule has 132 valence electrons. The van der Waals surface area contributed by atoms with Crippen LogP contribution in [0.4, 0.5) is 11.4 Å². The Bertz CT molecular complexity index is 998. The summed E-state index contributed by atoms with van der Waals surface area (Å²) in [5.41, 5.74) is 3.33. The van der Waals surface area contributed by atoms with Crippen molar-refractivity contribution >= 4 is 34.2 Å². The van der Waals surface area contributed by atoms with Crippen molar-refractivity contribution in [2.75, 3.05) is 11.9 Å². The molecule has 1 aromatic heterocycles. The molecule has 0 radical (unpaired) electrons. The molecule has 6 nitrogen and oxygen atoms in total. The molecular weight excluding hydrogens is 332 g/mol. The Labute approximate surface area is 150 Å². The number of nitrogens with one attached hydrogen (secondary N) is 1. The van der Waals surface area contributed by atoms with Crippen LogP contribution in [-0.2, 0) is 4.74 Å². The smallest absolute Gasteiger partial charge is 0.338 e. The first-order valence-corrected chi connectivity index (χ1v) is 8.15. The van der Waals surface area contributed by atoms with E-state index in [1.54, 1.807) is 37.3 Å². The number of aromatic carboxylic acids is 1. The number of carbonyl (C=O) groups is 2. The zero-order valence-electron chi connectivity index (χ0n) is 14.4. The SMILES string of the molecule is CCOC(=O)c1ccc2nc(C)cc(Nc3cccc(C(=O)[O-])c3)c2c1. The third kappa shape index (κ3) is 3.64.